The molecule has 0 amide bonds. The monoisotopic (exact) mass is 2260 g/mol. The van der Waals surface area contributed by atoms with Gasteiger partial charge in [-0.15, -0.1) is 7.26 Å². The smallest absolute Gasteiger partial charge is 0.725 e. The fraction of sp³-hybridized carbons (Fsp3) is 0. The maximum absolute atomic E-state index is 12.8. The van der Waals surface area contributed by atoms with E-state index in [2.05, 4.69) is 27.2 Å². The van der Waals surface area contributed by atoms with E-state index in [-0.39, 0.29) is 25.7 Å². The van der Waals surface area contributed by atoms with Gasteiger partial charge in [-0.25, -0.2) is 85.3 Å². The Morgan fingerprint density at radius 3 is 0.517 bits per heavy atom. The minimum absolute atomic E-state index is 0. The SMILES string of the molecule is Nc1ccc(N(c2ccc(N)c(S(=O)(=O)O)c2)S(=O)(=O)S(=O)(=O)OS(=O)(=O)[O-])cc1S(=O)(=O)O.Nc1ccc(N(c2ccc(N)c(S(=O)(=O)O)c2)S(=O)(=O)S(=O)(=O)OS(=O)(=O)[O-])cc1S(=O)(=O)O.[Cu+2].c1ccc2c(c1)-c1nc-2nc2[nH]c(nc3nc(nc4[nH]c(n1)c1ccccc41)-c1ccccc1-3)c1ccccc21.c1ccc2c(c1)-c1nc-2nc2[nH]c(nc3nc(nc4[nH]c(n1)c1ccccc41)-c1ccccc1-3)c1ccccc21. The molecular weight excluding hydrogens is 2200 g/mol. The molecule has 50 nitrogen and oxygen atoms in total. The van der Waals surface area contributed by atoms with E-state index in [4.69, 9.17) is 82.7 Å². The van der Waals surface area contributed by atoms with Crippen LogP contribution in [0.15, 0.2) is 287 Å². The zero-order valence-corrected chi connectivity index (χ0v) is 83.1. The number of aromatic amines is 4. The van der Waals surface area contributed by atoms with Crippen LogP contribution in [0.5, 0.6) is 0 Å². The van der Waals surface area contributed by atoms with Crippen molar-refractivity contribution in [3.63, 3.8) is 0 Å². The van der Waals surface area contributed by atoms with E-state index in [1.807, 2.05) is 194 Å². The van der Waals surface area contributed by atoms with Crippen molar-refractivity contribution in [3.8, 4) is 91.1 Å². The quantitative estimate of drug-likeness (QED) is 0.0141. The number of nitrogens with one attached hydrogen (secondary N) is 4. The van der Waals surface area contributed by atoms with Crippen LogP contribution in [0.2, 0.25) is 0 Å². The first-order chi connectivity index (χ1) is 69.8. The second-order valence-corrected chi connectivity index (χ2v) is 48.9. The molecule has 0 spiro atoms. The maximum Gasteiger partial charge on any atom is 2.00 e. The molecule has 6 aromatic heterocycles. The van der Waals surface area contributed by atoms with Gasteiger partial charge in [0.05, 0.1) is 45.5 Å². The number of anilines is 8. The van der Waals surface area contributed by atoms with Crippen molar-refractivity contribution >= 4 is 231 Å². The largest absolute Gasteiger partial charge is 2.00 e. The van der Waals surface area contributed by atoms with Gasteiger partial charge in [-0.2, -0.15) is 67.3 Å². The Labute approximate surface area is 849 Å². The number of nitrogens with zero attached hydrogens (tertiary/aromatic N) is 14. The van der Waals surface area contributed by atoms with E-state index in [1.165, 1.54) is 0 Å². The molecule has 1 radical (unpaired) electrons. The summed E-state index contributed by atoms with van der Waals surface area (Å²) in [5.74, 6) is 4.78. The van der Waals surface area contributed by atoms with E-state index in [9.17, 15) is 111 Å². The number of hydrogen-bond donors (Lipinski definition) is 12. The van der Waals surface area contributed by atoms with Crippen molar-refractivity contribution in [1.82, 2.24) is 79.7 Å². The number of H-pyrrole nitrogens is 4. The van der Waals surface area contributed by atoms with Gasteiger partial charge in [-0.05, 0) is 72.8 Å². The summed E-state index contributed by atoms with van der Waals surface area (Å²) in [7, 11) is -58.3. The Balaban J connectivity index is 0.000000130. The average molecular weight is 2260 g/mol. The Kier molecular flexibility index (Phi) is 26.2. The van der Waals surface area contributed by atoms with Crippen molar-refractivity contribution in [2.24, 2.45) is 0 Å². The van der Waals surface area contributed by atoms with Crippen molar-refractivity contribution in [2.45, 2.75) is 19.6 Å². The number of benzene rings is 12. The van der Waals surface area contributed by atoms with Crippen LogP contribution >= 0.6 is 0 Å². The van der Waals surface area contributed by atoms with Crippen LogP contribution < -0.4 is 31.5 Å². The van der Waals surface area contributed by atoms with Crippen LogP contribution in [0.25, 0.3) is 179 Å². The third-order valence-corrected chi connectivity index (χ3v) is 36.3. The first-order valence-electron chi connectivity index (χ1n) is 41.6. The fourth-order valence-corrected chi connectivity index (χ4v) is 27.1. The molecule has 18 aromatic rings. The molecule has 0 saturated carbocycles. The second-order valence-electron chi connectivity index (χ2n) is 31.6. The normalized spacial score (nSPS) is 12.6. The number of nitrogen functional groups attached to an aromatic ring is 4. The Bertz CT molecular complexity index is 9100. The third kappa shape index (κ3) is 19.9. The van der Waals surface area contributed by atoms with Gasteiger partial charge in [-0.1, -0.05) is 194 Å². The molecule has 16 N–H and O–H groups in total. The van der Waals surface area contributed by atoms with E-state index < -0.39 is 163 Å². The summed E-state index contributed by atoms with van der Waals surface area (Å²) in [6.07, 6.45) is 0. The number of fused-ring (bicyclic) bond motifs is 40. The molecule has 10 heterocycles. The van der Waals surface area contributed by atoms with Crippen LogP contribution in [0, 0.1) is 0 Å². The number of aromatic nitrogens is 16. The zero-order chi connectivity index (χ0) is 105. The minimum Gasteiger partial charge on any atom is -0.725 e. The molecule has 761 valence electrons. The van der Waals surface area contributed by atoms with Crippen molar-refractivity contribution < 1.29 is 136 Å². The molecule has 61 heteroatoms. The summed E-state index contributed by atoms with van der Waals surface area (Å²) in [5.41, 5.74) is 27.9. The standard InChI is InChI=1S/2C32H18N8.2C12H13N3O14S5.Cu/c2*1-2-10-18-17(9-1)25-33-26(18)38-28-21-13-5-6-14-22(21)30(35-28)40-32-24-16-8-7-15-23(24)31(36-32)39-29-20-12-4-3-11-19(20)27(34-29)37-25;2*13-9-3-1-7(5-11(9)30(16,17)18)15(32(22,23)34(27,28)29-33(24,25)26)8-2-4-10(14)12(6-8)31(19,20)21;/h2*1-16H,(H2,33,34,35,36,37,38,39,40);2*1-6H,13-14H2,(H,16,17,18)(H,19,20,21)(H,24,25,26);/q;;;;+2/p-2. The number of hydrogen-bond acceptors (Lipinski definition) is 40. The second kappa shape index (κ2) is 38.0. The van der Waals surface area contributed by atoms with Crippen molar-refractivity contribution in [1.29, 1.82) is 0 Å². The van der Waals surface area contributed by atoms with E-state index in [1.54, 1.807) is 0 Å². The molecule has 12 aromatic carbocycles. The Morgan fingerprint density at radius 2 is 0.376 bits per heavy atom. The topological polar surface area (TPSA) is 815 Å². The van der Waals surface area contributed by atoms with Gasteiger partial charge in [0.2, 0.25) is 20.8 Å². The van der Waals surface area contributed by atoms with E-state index in [0.717, 1.165) is 87.6 Å². The molecule has 0 unspecified atom stereocenters. The van der Waals surface area contributed by atoms with Gasteiger partial charge in [0.15, 0.2) is 46.6 Å². The molecular formula is C88H60CuN22O28S10. The summed E-state index contributed by atoms with van der Waals surface area (Å²) >= 11 is 0. The maximum atomic E-state index is 12.8. The van der Waals surface area contributed by atoms with Crippen molar-refractivity contribution in [3.05, 3.63) is 267 Å². The van der Waals surface area contributed by atoms with Gasteiger partial charge < -0.3 is 52.0 Å². The van der Waals surface area contributed by atoms with Crippen LogP contribution in [0.3, 0.4) is 0 Å². The molecule has 0 atom stereocenters. The molecule has 22 rings (SSSR count). The summed E-state index contributed by atoms with van der Waals surface area (Å²) < 4.78 is 299. The number of rotatable bonds is 16. The molecule has 4 aliphatic heterocycles. The third-order valence-electron chi connectivity index (χ3n) is 22.3. The summed E-state index contributed by atoms with van der Waals surface area (Å²) in [4.78, 5) is 68.9. The van der Waals surface area contributed by atoms with E-state index in [0.29, 0.717) is 165 Å². The zero-order valence-electron chi connectivity index (χ0n) is 73.9. The first-order valence-corrected chi connectivity index (χ1v) is 56.7. The summed E-state index contributed by atoms with van der Waals surface area (Å²) in [6, 6.07) is 71.1. The van der Waals surface area contributed by atoms with Gasteiger partial charge in [0.25, 0.3) is 40.5 Å². The van der Waals surface area contributed by atoms with Gasteiger partial charge >= 0.3 is 53.5 Å². The molecule has 0 saturated heterocycles. The van der Waals surface area contributed by atoms with Crippen LogP contribution in [0.4, 0.5) is 45.5 Å². The van der Waals surface area contributed by atoms with E-state index >= 15 is 0 Å². The predicted octanol–water partition coefficient (Wildman–Crippen LogP) is 10.8. The van der Waals surface area contributed by atoms with Gasteiger partial charge in [-0.3, -0.25) is 18.2 Å². The van der Waals surface area contributed by atoms with Gasteiger partial charge in [0, 0.05) is 87.6 Å². The fourth-order valence-electron chi connectivity index (χ4n) is 15.9. The molecule has 0 aliphatic carbocycles. The molecule has 4 aliphatic rings. The first kappa shape index (κ1) is 103. The number of nitrogens with two attached hydrogens (primary N) is 4. The van der Waals surface area contributed by atoms with Crippen LogP contribution in [-0.4, -0.2) is 191 Å². The molecule has 0 fully saturated rings. The van der Waals surface area contributed by atoms with Crippen molar-refractivity contribution in [2.75, 3.05) is 31.5 Å². The average Bonchev–Trinajstić information content (AvgIpc) is 1.21. The molecule has 149 heavy (non-hydrogen) atoms. The predicted molar refractivity (Wildman–Crippen MR) is 536 cm³/mol. The Hall–Kier alpha value is -16.1. The summed E-state index contributed by atoms with van der Waals surface area (Å²) in [5, 5.41) is 7.64. The van der Waals surface area contributed by atoms with Gasteiger partial charge in [0.1, 0.15) is 64.8 Å². The van der Waals surface area contributed by atoms with Crippen LogP contribution in [-0.2, 0) is 122 Å². The van der Waals surface area contributed by atoms with Crippen LogP contribution in [0.1, 0.15) is 0 Å². The minimum atomic E-state index is -6.42. The Morgan fingerprint density at radius 1 is 0.228 bits per heavy atom. The summed E-state index contributed by atoms with van der Waals surface area (Å²) in [6.45, 7) is 0. The molecule has 16 bridgehead atoms.